The quantitative estimate of drug-likeness (QED) is 0.712. The van der Waals surface area contributed by atoms with Crippen molar-refractivity contribution in [2.24, 2.45) is 0 Å². The number of nitrogens with one attached hydrogen (secondary N) is 2. The number of amides is 1. The van der Waals surface area contributed by atoms with E-state index in [0.29, 0.717) is 0 Å². The van der Waals surface area contributed by atoms with Gasteiger partial charge in [-0.1, -0.05) is 6.92 Å². The first-order valence-corrected chi connectivity index (χ1v) is 6.58. The summed E-state index contributed by atoms with van der Waals surface area (Å²) in [6, 6.07) is 0.115. The van der Waals surface area contributed by atoms with Crippen LogP contribution in [0.15, 0.2) is 0 Å². The molecule has 2 N–H and O–H groups in total. The van der Waals surface area contributed by atoms with Gasteiger partial charge >= 0.3 is 0 Å². The molecule has 0 radical (unpaired) electrons. The molecule has 1 aliphatic heterocycles. The Morgan fingerprint density at radius 1 is 1.67 bits per heavy atom. The third kappa shape index (κ3) is 3.36. The van der Waals surface area contributed by atoms with E-state index in [9.17, 15) is 4.79 Å². The van der Waals surface area contributed by atoms with Crippen molar-refractivity contribution in [2.75, 3.05) is 26.5 Å². The minimum absolute atomic E-state index is 0.0584. The average molecular weight is 232 g/mol. The van der Waals surface area contributed by atoms with Crippen LogP contribution in [0.5, 0.6) is 0 Å². The van der Waals surface area contributed by atoms with Gasteiger partial charge in [-0.2, -0.15) is 11.8 Å². The van der Waals surface area contributed by atoms with Gasteiger partial charge in [-0.25, -0.2) is 0 Å². The molecule has 5 heteroatoms. The molecule has 1 aliphatic rings. The minimum atomic E-state index is 0.0584. The van der Waals surface area contributed by atoms with Crippen molar-refractivity contribution < 1.29 is 9.53 Å². The molecule has 1 amide bonds. The number of thioether (sulfide) groups is 1. The molecule has 1 rings (SSSR count). The highest BCUT2D eigenvalue weighted by molar-refractivity contribution is 7.99. The molecule has 0 aromatic heterocycles. The molecule has 0 spiro atoms. The highest BCUT2D eigenvalue weighted by Crippen LogP contribution is 2.12. The maximum atomic E-state index is 11.8. The van der Waals surface area contributed by atoms with E-state index in [1.807, 2.05) is 13.2 Å². The third-order valence-electron chi connectivity index (χ3n) is 2.74. The molecule has 15 heavy (non-hydrogen) atoms. The normalized spacial score (nSPS) is 27.7. The summed E-state index contributed by atoms with van der Waals surface area (Å²) in [4.78, 5) is 11.8. The van der Waals surface area contributed by atoms with Gasteiger partial charge in [-0.3, -0.25) is 4.79 Å². The zero-order chi connectivity index (χ0) is 11.3. The number of methoxy groups -OCH3 is 1. The summed E-state index contributed by atoms with van der Waals surface area (Å²) in [6.07, 6.45) is 2.94. The molecule has 3 atom stereocenters. The summed E-state index contributed by atoms with van der Waals surface area (Å²) in [7, 11) is 1.68. The van der Waals surface area contributed by atoms with Gasteiger partial charge < -0.3 is 15.4 Å². The second-order valence-electron chi connectivity index (χ2n) is 3.68. The Balaban J connectivity index is 2.42. The van der Waals surface area contributed by atoms with Gasteiger partial charge in [0.2, 0.25) is 5.91 Å². The zero-order valence-electron chi connectivity index (χ0n) is 9.58. The molecule has 0 aromatic carbocycles. The van der Waals surface area contributed by atoms with E-state index in [2.05, 4.69) is 10.6 Å². The average Bonchev–Trinajstić information content (AvgIpc) is 2.67. The first kappa shape index (κ1) is 12.8. The van der Waals surface area contributed by atoms with Crippen LogP contribution in [0.2, 0.25) is 0 Å². The Morgan fingerprint density at radius 2 is 2.40 bits per heavy atom. The van der Waals surface area contributed by atoms with E-state index in [1.54, 1.807) is 18.9 Å². The van der Waals surface area contributed by atoms with Crippen molar-refractivity contribution in [3.8, 4) is 0 Å². The van der Waals surface area contributed by atoms with Crippen molar-refractivity contribution in [3.63, 3.8) is 0 Å². The Labute approximate surface area is 95.5 Å². The SMILES string of the molecule is CCC(SC)C(=O)NC1CNC[C@@H]1OC. The fourth-order valence-corrected chi connectivity index (χ4v) is 2.40. The standard InChI is InChI=1S/C10H20N2O2S/c1-4-9(15-3)10(13)12-7-5-11-6-8(7)14-2/h7-9,11H,4-6H2,1-3H3,(H,12,13)/t7?,8-,9?/m0/s1. The summed E-state index contributed by atoms with van der Waals surface area (Å²) < 4.78 is 5.29. The Bertz CT molecular complexity index is 210. The number of carbonyl (C=O) groups is 1. The maximum absolute atomic E-state index is 11.8. The first-order chi connectivity index (χ1) is 7.22. The molecule has 0 bridgehead atoms. The van der Waals surface area contributed by atoms with Gasteiger partial charge in [0, 0.05) is 20.2 Å². The van der Waals surface area contributed by atoms with Gasteiger partial charge in [0.15, 0.2) is 0 Å². The maximum Gasteiger partial charge on any atom is 0.233 e. The molecule has 0 aliphatic carbocycles. The molecular weight excluding hydrogens is 212 g/mol. The highest BCUT2D eigenvalue weighted by Gasteiger charge is 2.29. The van der Waals surface area contributed by atoms with Crippen LogP contribution in [0.25, 0.3) is 0 Å². The van der Waals surface area contributed by atoms with Crippen LogP contribution in [-0.2, 0) is 9.53 Å². The topological polar surface area (TPSA) is 50.4 Å². The van der Waals surface area contributed by atoms with Crippen LogP contribution < -0.4 is 10.6 Å². The zero-order valence-corrected chi connectivity index (χ0v) is 10.4. The van der Waals surface area contributed by atoms with Crippen molar-refractivity contribution in [1.82, 2.24) is 10.6 Å². The summed E-state index contributed by atoms with van der Waals surface area (Å²) >= 11 is 1.60. The second kappa shape index (κ2) is 6.35. The van der Waals surface area contributed by atoms with Crippen molar-refractivity contribution in [1.29, 1.82) is 0 Å². The molecule has 0 saturated carbocycles. The first-order valence-electron chi connectivity index (χ1n) is 5.29. The fraction of sp³-hybridized carbons (Fsp3) is 0.900. The minimum Gasteiger partial charge on any atom is -0.378 e. The monoisotopic (exact) mass is 232 g/mol. The lowest BCUT2D eigenvalue weighted by Crippen LogP contribution is -2.46. The van der Waals surface area contributed by atoms with Crippen LogP contribution >= 0.6 is 11.8 Å². The molecule has 4 nitrogen and oxygen atoms in total. The number of rotatable bonds is 5. The van der Waals surface area contributed by atoms with Crippen LogP contribution in [0, 0.1) is 0 Å². The van der Waals surface area contributed by atoms with Gasteiger partial charge in [0.1, 0.15) is 0 Å². The second-order valence-corrected chi connectivity index (χ2v) is 4.72. The van der Waals surface area contributed by atoms with Gasteiger partial charge in [-0.05, 0) is 12.7 Å². The smallest absolute Gasteiger partial charge is 0.233 e. The lowest BCUT2D eigenvalue weighted by Gasteiger charge is -2.21. The summed E-state index contributed by atoms with van der Waals surface area (Å²) in [5.41, 5.74) is 0. The highest BCUT2D eigenvalue weighted by atomic mass is 32.2. The predicted octanol–water partition coefficient (Wildman–Crippen LogP) is 0.231. The van der Waals surface area contributed by atoms with E-state index in [1.165, 1.54) is 0 Å². The summed E-state index contributed by atoms with van der Waals surface area (Å²) in [5, 5.41) is 6.30. The van der Waals surface area contributed by atoms with Crippen molar-refractivity contribution in [3.05, 3.63) is 0 Å². The van der Waals surface area contributed by atoms with Gasteiger partial charge in [-0.15, -0.1) is 0 Å². The number of hydrogen-bond donors (Lipinski definition) is 2. The van der Waals surface area contributed by atoms with Crippen molar-refractivity contribution in [2.45, 2.75) is 30.7 Å². The van der Waals surface area contributed by atoms with Crippen molar-refractivity contribution >= 4 is 17.7 Å². The summed E-state index contributed by atoms with van der Waals surface area (Å²) in [5.74, 6) is 0.126. The third-order valence-corrected chi connectivity index (χ3v) is 3.85. The lowest BCUT2D eigenvalue weighted by atomic mass is 10.2. The van der Waals surface area contributed by atoms with E-state index in [4.69, 9.17) is 4.74 Å². The van der Waals surface area contributed by atoms with E-state index in [-0.39, 0.29) is 23.3 Å². The lowest BCUT2D eigenvalue weighted by molar-refractivity contribution is -0.121. The Kier molecular flexibility index (Phi) is 5.42. The van der Waals surface area contributed by atoms with Crippen LogP contribution in [0.1, 0.15) is 13.3 Å². The largest absolute Gasteiger partial charge is 0.378 e. The van der Waals surface area contributed by atoms with E-state index >= 15 is 0 Å². The molecular formula is C10H20N2O2S. The molecule has 88 valence electrons. The molecule has 1 saturated heterocycles. The van der Waals surface area contributed by atoms with Crippen LogP contribution in [0.3, 0.4) is 0 Å². The molecule has 1 fully saturated rings. The van der Waals surface area contributed by atoms with E-state index in [0.717, 1.165) is 19.5 Å². The number of carbonyl (C=O) groups excluding carboxylic acids is 1. The van der Waals surface area contributed by atoms with E-state index < -0.39 is 0 Å². The fourth-order valence-electron chi connectivity index (χ4n) is 1.78. The Hall–Kier alpha value is -0.260. The molecule has 0 aromatic rings. The van der Waals surface area contributed by atoms with Gasteiger partial charge in [0.05, 0.1) is 17.4 Å². The Morgan fingerprint density at radius 3 is 2.93 bits per heavy atom. The molecule has 2 unspecified atom stereocenters. The number of ether oxygens (including phenoxy) is 1. The predicted molar refractivity (Wildman–Crippen MR) is 63.2 cm³/mol. The van der Waals surface area contributed by atoms with Crippen LogP contribution in [-0.4, -0.2) is 49.8 Å². The summed E-state index contributed by atoms with van der Waals surface area (Å²) in [6.45, 7) is 3.65. The van der Waals surface area contributed by atoms with Crippen LogP contribution in [0.4, 0.5) is 0 Å². The number of hydrogen-bond acceptors (Lipinski definition) is 4. The molecule has 1 heterocycles. The van der Waals surface area contributed by atoms with Gasteiger partial charge in [0.25, 0.3) is 0 Å².